The summed E-state index contributed by atoms with van der Waals surface area (Å²) >= 11 is 5.70. The van der Waals surface area contributed by atoms with E-state index in [2.05, 4.69) is 4.72 Å². The monoisotopic (exact) mass is 297 g/mol. The second kappa shape index (κ2) is 6.45. The summed E-state index contributed by atoms with van der Waals surface area (Å²) in [6, 6.07) is 2.30. The van der Waals surface area contributed by atoms with Gasteiger partial charge in [-0.15, -0.1) is 11.6 Å². The highest BCUT2D eigenvalue weighted by Gasteiger charge is 2.19. The van der Waals surface area contributed by atoms with E-state index in [1.807, 2.05) is 0 Å². The van der Waals surface area contributed by atoms with Crippen LogP contribution in [0.2, 0.25) is 0 Å². The summed E-state index contributed by atoms with van der Waals surface area (Å²) in [6.45, 7) is 1.93. The van der Waals surface area contributed by atoms with Crippen LogP contribution < -0.4 is 4.72 Å². The zero-order chi connectivity index (χ0) is 13.8. The smallest absolute Gasteiger partial charge is 0.211 e. The van der Waals surface area contributed by atoms with Crippen LogP contribution in [-0.4, -0.2) is 20.3 Å². The van der Waals surface area contributed by atoms with Crippen molar-refractivity contribution in [1.82, 2.24) is 4.72 Å². The van der Waals surface area contributed by atoms with Gasteiger partial charge in [0.2, 0.25) is 10.0 Å². The molecule has 0 amide bonds. The summed E-state index contributed by atoms with van der Waals surface area (Å²) in [7, 11) is -4.02. The van der Waals surface area contributed by atoms with Crippen LogP contribution in [0.1, 0.15) is 19.8 Å². The summed E-state index contributed by atoms with van der Waals surface area (Å²) in [6.07, 6.45) is 1.16. The molecule has 1 aromatic rings. The van der Waals surface area contributed by atoms with Crippen LogP contribution in [0.5, 0.6) is 0 Å². The van der Waals surface area contributed by atoms with Gasteiger partial charge in [-0.2, -0.15) is 0 Å². The first-order valence-corrected chi connectivity index (χ1v) is 7.33. The Hall–Kier alpha value is -0.720. The molecule has 0 fully saturated rings. The molecule has 1 atom stereocenters. The molecule has 1 aromatic carbocycles. The largest absolute Gasteiger partial charge is 0.243 e. The Bertz CT molecular complexity index is 506. The number of alkyl halides is 1. The zero-order valence-corrected chi connectivity index (χ0v) is 11.4. The minimum atomic E-state index is -4.02. The van der Waals surface area contributed by atoms with Gasteiger partial charge in [0.25, 0.3) is 0 Å². The van der Waals surface area contributed by atoms with Crippen LogP contribution in [0.15, 0.2) is 23.1 Å². The van der Waals surface area contributed by atoms with Crippen LogP contribution in [-0.2, 0) is 10.0 Å². The fourth-order valence-corrected chi connectivity index (χ4v) is 2.67. The third kappa shape index (κ3) is 4.51. The van der Waals surface area contributed by atoms with E-state index < -0.39 is 26.6 Å². The van der Waals surface area contributed by atoms with Gasteiger partial charge >= 0.3 is 0 Å². The Kier molecular flexibility index (Phi) is 5.49. The molecule has 0 aliphatic carbocycles. The lowest BCUT2D eigenvalue weighted by Gasteiger charge is -2.08. The Morgan fingerprint density at radius 2 is 2.06 bits per heavy atom. The first-order chi connectivity index (χ1) is 8.33. The third-order valence-corrected chi connectivity index (χ3v) is 3.95. The molecule has 0 aliphatic rings. The van der Waals surface area contributed by atoms with E-state index in [4.69, 9.17) is 11.6 Å². The SMILES string of the molecule is CC(Cl)CCCNS(=O)(=O)c1cc(F)ccc1F. The predicted octanol–water partition coefficient (Wildman–Crippen LogP) is 2.65. The molecule has 0 aliphatic heterocycles. The molecule has 0 heterocycles. The van der Waals surface area contributed by atoms with Crippen molar-refractivity contribution in [2.75, 3.05) is 6.54 Å². The number of halogens is 3. The molecule has 1 unspecified atom stereocenters. The maximum Gasteiger partial charge on any atom is 0.243 e. The van der Waals surface area contributed by atoms with Gasteiger partial charge in [-0.05, 0) is 38.0 Å². The molecule has 1 rings (SSSR count). The highest BCUT2D eigenvalue weighted by Crippen LogP contribution is 2.15. The van der Waals surface area contributed by atoms with E-state index in [-0.39, 0.29) is 11.9 Å². The number of hydrogen-bond donors (Lipinski definition) is 1. The quantitative estimate of drug-likeness (QED) is 0.648. The van der Waals surface area contributed by atoms with Crippen LogP contribution >= 0.6 is 11.6 Å². The minimum absolute atomic E-state index is 0.0552. The lowest BCUT2D eigenvalue weighted by Crippen LogP contribution is -2.26. The molecule has 0 aromatic heterocycles. The Morgan fingerprint density at radius 1 is 1.39 bits per heavy atom. The van der Waals surface area contributed by atoms with Crippen LogP contribution in [0.3, 0.4) is 0 Å². The van der Waals surface area contributed by atoms with Crippen LogP contribution in [0.25, 0.3) is 0 Å². The molecule has 102 valence electrons. The summed E-state index contributed by atoms with van der Waals surface area (Å²) in [5, 5.41) is -0.0552. The molecule has 1 N–H and O–H groups in total. The van der Waals surface area contributed by atoms with Gasteiger partial charge in [0, 0.05) is 11.9 Å². The van der Waals surface area contributed by atoms with E-state index >= 15 is 0 Å². The predicted molar refractivity (Wildman–Crippen MR) is 66.1 cm³/mol. The second-order valence-electron chi connectivity index (χ2n) is 3.90. The van der Waals surface area contributed by atoms with Gasteiger partial charge in [0.1, 0.15) is 16.5 Å². The highest BCUT2D eigenvalue weighted by atomic mass is 35.5. The first-order valence-electron chi connectivity index (χ1n) is 5.41. The van der Waals surface area contributed by atoms with Crippen LogP contribution in [0, 0.1) is 11.6 Å². The number of rotatable bonds is 6. The standard InChI is InChI=1S/C11H14ClF2NO2S/c1-8(12)3-2-6-15-18(16,17)11-7-9(13)4-5-10(11)14/h4-5,7-8,15H,2-3,6H2,1H3. The van der Waals surface area contributed by atoms with Gasteiger partial charge in [-0.3, -0.25) is 0 Å². The van der Waals surface area contributed by atoms with Crippen molar-refractivity contribution in [3.8, 4) is 0 Å². The molecular weight excluding hydrogens is 284 g/mol. The minimum Gasteiger partial charge on any atom is -0.211 e. The Labute approximate surface area is 110 Å². The van der Waals surface area contributed by atoms with E-state index in [1.165, 1.54) is 0 Å². The molecule has 0 spiro atoms. The van der Waals surface area contributed by atoms with Crippen molar-refractivity contribution in [1.29, 1.82) is 0 Å². The lowest BCUT2D eigenvalue weighted by atomic mass is 10.2. The molecule has 0 saturated carbocycles. The maximum atomic E-state index is 13.3. The van der Waals surface area contributed by atoms with E-state index in [1.54, 1.807) is 6.92 Å². The van der Waals surface area contributed by atoms with Gasteiger partial charge in [0.05, 0.1) is 0 Å². The number of sulfonamides is 1. The van der Waals surface area contributed by atoms with Crippen molar-refractivity contribution in [3.05, 3.63) is 29.8 Å². The van der Waals surface area contributed by atoms with E-state index in [0.717, 1.165) is 12.1 Å². The summed E-state index contributed by atoms with van der Waals surface area (Å²) in [5.41, 5.74) is 0. The number of benzene rings is 1. The van der Waals surface area contributed by atoms with Gasteiger partial charge in [0.15, 0.2) is 0 Å². The molecular formula is C11H14ClF2NO2S. The van der Waals surface area contributed by atoms with E-state index in [9.17, 15) is 17.2 Å². The number of hydrogen-bond acceptors (Lipinski definition) is 2. The molecule has 0 radical (unpaired) electrons. The van der Waals surface area contributed by atoms with Crippen LogP contribution in [0.4, 0.5) is 8.78 Å². The molecule has 18 heavy (non-hydrogen) atoms. The average molecular weight is 298 g/mol. The highest BCUT2D eigenvalue weighted by molar-refractivity contribution is 7.89. The zero-order valence-electron chi connectivity index (χ0n) is 9.79. The summed E-state index contributed by atoms with van der Waals surface area (Å²) in [5.74, 6) is -1.78. The average Bonchev–Trinajstić information content (AvgIpc) is 2.27. The van der Waals surface area contributed by atoms with Crippen molar-refractivity contribution < 1.29 is 17.2 Å². The van der Waals surface area contributed by atoms with Crippen molar-refractivity contribution in [2.45, 2.75) is 30.0 Å². The summed E-state index contributed by atoms with van der Waals surface area (Å²) in [4.78, 5) is -0.679. The maximum absolute atomic E-state index is 13.3. The number of nitrogens with one attached hydrogen (secondary N) is 1. The summed E-state index contributed by atoms with van der Waals surface area (Å²) < 4.78 is 51.8. The molecule has 0 saturated heterocycles. The normalized spacial score (nSPS) is 13.6. The molecule has 7 heteroatoms. The van der Waals surface area contributed by atoms with Crippen molar-refractivity contribution >= 4 is 21.6 Å². The van der Waals surface area contributed by atoms with Crippen molar-refractivity contribution in [3.63, 3.8) is 0 Å². The Morgan fingerprint density at radius 3 is 2.67 bits per heavy atom. The Balaban J connectivity index is 2.71. The second-order valence-corrected chi connectivity index (χ2v) is 6.38. The lowest BCUT2D eigenvalue weighted by molar-refractivity contribution is 0.543. The van der Waals surface area contributed by atoms with Gasteiger partial charge in [-0.25, -0.2) is 21.9 Å². The first kappa shape index (κ1) is 15.3. The van der Waals surface area contributed by atoms with Gasteiger partial charge in [-0.1, -0.05) is 0 Å². The third-order valence-electron chi connectivity index (χ3n) is 2.25. The van der Waals surface area contributed by atoms with Crippen molar-refractivity contribution in [2.24, 2.45) is 0 Å². The fraction of sp³-hybridized carbons (Fsp3) is 0.455. The topological polar surface area (TPSA) is 46.2 Å². The van der Waals surface area contributed by atoms with Gasteiger partial charge < -0.3 is 0 Å². The molecule has 3 nitrogen and oxygen atoms in total. The van der Waals surface area contributed by atoms with E-state index in [0.29, 0.717) is 18.9 Å². The molecule has 0 bridgehead atoms. The fourth-order valence-electron chi connectivity index (χ4n) is 1.35.